The van der Waals surface area contributed by atoms with Crippen molar-refractivity contribution in [2.24, 2.45) is 0 Å². The van der Waals surface area contributed by atoms with Crippen LogP contribution in [0.3, 0.4) is 0 Å². The molecule has 2 aromatic heterocycles. The summed E-state index contributed by atoms with van der Waals surface area (Å²) in [5.74, 6) is 0. The van der Waals surface area contributed by atoms with Crippen molar-refractivity contribution in [3.63, 3.8) is 0 Å². The number of nitrogens with zero attached hydrogens (tertiary/aromatic N) is 5. The number of halogens is 1. The Morgan fingerprint density at radius 3 is 2.33 bits per heavy atom. The summed E-state index contributed by atoms with van der Waals surface area (Å²) < 4.78 is 0. The van der Waals surface area contributed by atoms with Gasteiger partial charge in [-0.05, 0) is 0 Å². The molecule has 0 aliphatic rings. The minimum absolute atomic E-state index is 0.231. The molecule has 0 bridgehead atoms. The predicted molar refractivity (Wildman–Crippen MR) is 52.8 cm³/mol. The molecule has 0 amide bonds. The number of hydrogen-bond acceptors (Lipinski definition) is 5. The van der Waals surface area contributed by atoms with E-state index in [4.69, 9.17) is 16.9 Å². The quantitative estimate of drug-likeness (QED) is 0.723. The molecule has 0 saturated carbocycles. The first-order chi connectivity index (χ1) is 7.29. The van der Waals surface area contributed by atoms with Gasteiger partial charge in [0.1, 0.15) is 22.6 Å². The van der Waals surface area contributed by atoms with E-state index >= 15 is 0 Å². The monoisotopic (exact) mass is 217 g/mol. The Kier molecular flexibility index (Phi) is 2.52. The van der Waals surface area contributed by atoms with Gasteiger partial charge in [-0.1, -0.05) is 11.6 Å². The average Bonchev–Trinajstić information content (AvgIpc) is 2.29. The van der Waals surface area contributed by atoms with Crippen molar-refractivity contribution in [3.8, 4) is 17.5 Å². The van der Waals surface area contributed by atoms with Crippen LogP contribution in [0.15, 0.2) is 24.8 Å². The fourth-order valence-corrected chi connectivity index (χ4v) is 1.16. The van der Waals surface area contributed by atoms with Gasteiger partial charge in [0.15, 0.2) is 5.69 Å². The lowest BCUT2D eigenvalue weighted by Gasteiger charge is -1.98. The summed E-state index contributed by atoms with van der Waals surface area (Å²) in [4.78, 5) is 15.8. The molecule has 2 aromatic rings. The smallest absolute Gasteiger partial charge is 0.159 e. The first kappa shape index (κ1) is 9.49. The lowest BCUT2D eigenvalue weighted by Crippen LogP contribution is -1.93. The van der Waals surface area contributed by atoms with Crippen LogP contribution in [-0.2, 0) is 0 Å². The number of aromatic nitrogens is 4. The molecule has 0 aliphatic heterocycles. The van der Waals surface area contributed by atoms with E-state index in [0.29, 0.717) is 11.4 Å². The first-order valence-electron chi connectivity index (χ1n) is 3.99. The SMILES string of the molecule is N#Cc1cncc(-c2cncc(Cl)n2)n1. The highest BCUT2D eigenvalue weighted by Gasteiger charge is 2.04. The molecular weight excluding hydrogens is 214 g/mol. The summed E-state index contributed by atoms with van der Waals surface area (Å²) in [6, 6.07) is 1.90. The summed E-state index contributed by atoms with van der Waals surface area (Å²) in [5.41, 5.74) is 1.20. The van der Waals surface area contributed by atoms with Gasteiger partial charge >= 0.3 is 0 Å². The van der Waals surface area contributed by atoms with Gasteiger partial charge in [0.25, 0.3) is 0 Å². The van der Waals surface area contributed by atoms with Gasteiger partial charge in [-0.2, -0.15) is 5.26 Å². The number of rotatable bonds is 1. The lowest BCUT2D eigenvalue weighted by molar-refractivity contribution is 1.12. The largest absolute Gasteiger partial charge is 0.259 e. The molecule has 6 heteroatoms. The second-order valence-corrected chi connectivity index (χ2v) is 3.02. The minimum atomic E-state index is 0.231. The second-order valence-electron chi connectivity index (χ2n) is 2.63. The molecule has 0 saturated heterocycles. The van der Waals surface area contributed by atoms with E-state index in [1.165, 1.54) is 24.8 Å². The third kappa shape index (κ3) is 2.06. The minimum Gasteiger partial charge on any atom is -0.259 e. The molecule has 72 valence electrons. The Hall–Kier alpha value is -2.06. The molecule has 0 radical (unpaired) electrons. The fraction of sp³-hybridized carbons (Fsp3) is 0. The van der Waals surface area contributed by atoms with Crippen LogP contribution < -0.4 is 0 Å². The maximum absolute atomic E-state index is 8.65. The van der Waals surface area contributed by atoms with Crippen LogP contribution in [0.4, 0.5) is 0 Å². The van der Waals surface area contributed by atoms with E-state index in [2.05, 4.69) is 19.9 Å². The van der Waals surface area contributed by atoms with E-state index in [0.717, 1.165) is 0 Å². The van der Waals surface area contributed by atoms with Crippen LogP contribution in [0.2, 0.25) is 5.15 Å². The van der Waals surface area contributed by atoms with Crippen molar-refractivity contribution in [1.82, 2.24) is 19.9 Å². The molecule has 0 aromatic carbocycles. The van der Waals surface area contributed by atoms with Gasteiger partial charge in [-0.15, -0.1) is 0 Å². The van der Waals surface area contributed by atoms with Crippen LogP contribution >= 0.6 is 11.6 Å². The summed E-state index contributed by atoms with van der Waals surface area (Å²) in [5, 5.41) is 8.92. The molecular formula is C9H4ClN5. The zero-order valence-corrected chi connectivity index (χ0v) is 8.18. The van der Waals surface area contributed by atoms with Crippen LogP contribution in [0, 0.1) is 11.3 Å². The molecule has 5 nitrogen and oxygen atoms in total. The fourth-order valence-electron chi connectivity index (χ4n) is 1.01. The molecule has 2 heterocycles. The molecule has 0 atom stereocenters. The summed E-state index contributed by atoms with van der Waals surface area (Å²) in [6.07, 6.45) is 5.81. The van der Waals surface area contributed by atoms with Crippen LogP contribution in [0.5, 0.6) is 0 Å². The third-order valence-corrected chi connectivity index (χ3v) is 1.80. The van der Waals surface area contributed by atoms with Crippen LogP contribution in [0.1, 0.15) is 5.69 Å². The zero-order valence-electron chi connectivity index (χ0n) is 7.42. The van der Waals surface area contributed by atoms with Crippen molar-refractivity contribution in [2.45, 2.75) is 0 Å². The van der Waals surface area contributed by atoms with Gasteiger partial charge in [-0.25, -0.2) is 9.97 Å². The van der Waals surface area contributed by atoms with Gasteiger partial charge < -0.3 is 0 Å². The summed E-state index contributed by atoms with van der Waals surface area (Å²) in [6.45, 7) is 0. The van der Waals surface area contributed by atoms with Crippen LogP contribution in [-0.4, -0.2) is 19.9 Å². The molecule has 15 heavy (non-hydrogen) atoms. The van der Waals surface area contributed by atoms with Crippen molar-refractivity contribution in [2.75, 3.05) is 0 Å². The maximum Gasteiger partial charge on any atom is 0.159 e. The van der Waals surface area contributed by atoms with E-state index in [1.807, 2.05) is 6.07 Å². The summed E-state index contributed by atoms with van der Waals surface area (Å²) >= 11 is 5.68. The van der Waals surface area contributed by atoms with E-state index in [1.54, 1.807) is 0 Å². The van der Waals surface area contributed by atoms with Crippen LogP contribution in [0.25, 0.3) is 11.4 Å². The highest BCUT2D eigenvalue weighted by atomic mass is 35.5. The standard InChI is InChI=1S/C9H4ClN5/c10-9-5-13-4-8(15-9)7-3-12-2-6(1-11)14-7/h2-5H. The van der Waals surface area contributed by atoms with Gasteiger partial charge in [-0.3, -0.25) is 9.97 Å². The Morgan fingerprint density at radius 1 is 1.00 bits per heavy atom. The lowest BCUT2D eigenvalue weighted by atomic mass is 10.3. The van der Waals surface area contributed by atoms with Gasteiger partial charge in [0.2, 0.25) is 0 Å². The third-order valence-electron chi connectivity index (χ3n) is 1.62. The number of nitriles is 1. The van der Waals surface area contributed by atoms with Gasteiger partial charge in [0, 0.05) is 0 Å². The van der Waals surface area contributed by atoms with E-state index in [-0.39, 0.29) is 10.8 Å². The Balaban J connectivity index is 2.50. The topological polar surface area (TPSA) is 75.3 Å². The normalized spacial score (nSPS) is 9.60. The van der Waals surface area contributed by atoms with Crippen molar-refractivity contribution in [3.05, 3.63) is 35.6 Å². The second kappa shape index (κ2) is 3.98. The molecule has 2 rings (SSSR count). The highest BCUT2D eigenvalue weighted by Crippen LogP contribution is 2.14. The maximum atomic E-state index is 8.65. The molecule has 0 spiro atoms. The predicted octanol–water partition coefficient (Wildman–Crippen LogP) is 1.46. The number of hydrogen-bond donors (Lipinski definition) is 0. The Morgan fingerprint density at radius 2 is 1.67 bits per heavy atom. The van der Waals surface area contributed by atoms with Crippen molar-refractivity contribution in [1.29, 1.82) is 5.26 Å². The van der Waals surface area contributed by atoms with Crippen molar-refractivity contribution < 1.29 is 0 Å². The average molecular weight is 218 g/mol. The summed E-state index contributed by atoms with van der Waals surface area (Å²) in [7, 11) is 0. The first-order valence-corrected chi connectivity index (χ1v) is 4.37. The molecule has 0 N–H and O–H groups in total. The zero-order chi connectivity index (χ0) is 10.7. The molecule has 0 fully saturated rings. The van der Waals surface area contributed by atoms with Gasteiger partial charge in [0.05, 0.1) is 24.8 Å². The molecule has 0 unspecified atom stereocenters. The van der Waals surface area contributed by atoms with Crippen molar-refractivity contribution >= 4 is 11.6 Å². The molecule has 0 aliphatic carbocycles. The highest BCUT2D eigenvalue weighted by molar-refractivity contribution is 6.29. The van der Waals surface area contributed by atoms with E-state index < -0.39 is 0 Å². The Labute approximate surface area is 90.4 Å². The van der Waals surface area contributed by atoms with E-state index in [9.17, 15) is 0 Å². The Bertz CT molecular complexity index is 534.